The molecule has 0 bridgehead atoms. The van der Waals surface area contributed by atoms with Gasteiger partial charge in [-0.15, -0.1) is 0 Å². The lowest BCUT2D eigenvalue weighted by atomic mass is 10.0. The van der Waals surface area contributed by atoms with Crippen LogP contribution in [0.4, 0.5) is 5.69 Å². The molecule has 0 aliphatic rings. The highest BCUT2D eigenvalue weighted by molar-refractivity contribution is 5.49. The van der Waals surface area contributed by atoms with Crippen molar-refractivity contribution in [1.29, 1.82) is 0 Å². The van der Waals surface area contributed by atoms with E-state index >= 15 is 0 Å². The van der Waals surface area contributed by atoms with Crippen molar-refractivity contribution in [3.8, 4) is 0 Å². The van der Waals surface area contributed by atoms with Crippen molar-refractivity contribution in [2.24, 2.45) is 0 Å². The van der Waals surface area contributed by atoms with E-state index in [0.29, 0.717) is 0 Å². The van der Waals surface area contributed by atoms with E-state index in [-0.39, 0.29) is 18.8 Å². The average molecular weight is 209 g/mol. The molecule has 0 radical (unpaired) electrons. The van der Waals surface area contributed by atoms with E-state index in [0.717, 1.165) is 11.3 Å². The fraction of sp³-hybridized carbons (Fsp3) is 0.500. The number of aliphatic hydroxyl groups is 2. The van der Waals surface area contributed by atoms with Crippen LogP contribution in [0.1, 0.15) is 19.4 Å². The van der Waals surface area contributed by atoms with Gasteiger partial charge in [0.15, 0.2) is 0 Å². The molecular weight excluding hydrogens is 190 g/mol. The van der Waals surface area contributed by atoms with Gasteiger partial charge in [0.25, 0.3) is 0 Å². The molecule has 0 fully saturated rings. The monoisotopic (exact) mass is 209 g/mol. The second-order valence-electron chi connectivity index (χ2n) is 4.35. The molecule has 3 nitrogen and oxygen atoms in total. The summed E-state index contributed by atoms with van der Waals surface area (Å²) in [6.45, 7) is 4.12. The minimum absolute atomic E-state index is 0.0629. The van der Waals surface area contributed by atoms with E-state index in [4.69, 9.17) is 5.11 Å². The van der Waals surface area contributed by atoms with Crippen LogP contribution in [0, 0.1) is 0 Å². The molecule has 0 aliphatic heterocycles. The largest absolute Gasteiger partial charge is 0.394 e. The standard InChI is InChI=1S/C12H19NO2/c1-12(2,9-15)13(3)11-6-4-10(8-14)5-7-11/h4-7,14-15H,8-9H2,1-3H3. The Kier molecular flexibility index (Phi) is 3.72. The second-order valence-corrected chi connectivity index (χ2v) is 4.35. The molecule has 0 spiro atoms. The molecule has 1 aromatic carbocycles. The summed E-state index contributed by atoms with van der Waals surface area (Å²) in [7, 11) is 1.95. The zero-order valence-electron chi connectivity index (χ0n) is 9.57. The number of hydrogen-bond acceptors (Lipinski definition) is 3. The molecular formula is C12H19NO2. The highest BCUT2D eigenvalue weighted by atomic mass is 16.3. The molecule has 2 N–H and O–H groups in total. The van der Waals surface area contributed by atoms with Crippen molar-refractivity contribution >= 4 is 5.69 Å². The number of anilines is 1. The van der Waals surface area contributed by atoms with Gasteiger partial charge in [0.05, 0.1) is 18.8 Å². The first-order chi connectivity index (χ1) is 7.01. The molecule has 0 aliphatic carbocycles. The Morgan fingerprint density at radius 3 is 2.07 bits per heavy atom. The van der Waals surface area contributed by atoms with Crippen LogP contribution in [0.5, 0.6) is 0 Å². The fourth-order valence-corrected chi connectivity index (χ4v) is 1.28. The summed E-state index contributed by atoms with van der Waals surface area (Å²) in [5.41, 5.74) is 1.65. The third-order valence-electron chi connectivity index (χ3n) is 2.80. The molecule has 0 saturated heterocycles. The zero-order valence-corrected chi connectivity index (χ0v) is 9.57. The molecule has 0 atom stereocenters. The fourth-order valence-electron chi connectivity index (χ4n) is 1.28. The van der Waals surface area contributed by atoms with Crippen LogP contribution in [0.25, 0.3) is 0 Å². The van der Waals surface area contributed by atoms with Crippen molar-refractivity contribution in [3.05, 3.63) is 29.8 Å². The first-order valence-corrected chi connectivity index (χ1v) is 5.06. The summed E-state index contributed by atoms with van der Waals surface area (Å²) >= 11 is 0. The molecule has 0 aromatic heterocycles. The number of likely N-dealkylation sites (N-methyl/N-ethyl adjacent to an activating group) is 1. The predicted octanol–water partition coefficient (Wildman–Crippen LogP) is 1.39. The maximum absolute atomic E-state index is 9.24. The molecule has 0 heterocycles. The summed E-state index contributed by atoms with van der Waals surface area (Å²) in [6.07, 6.45) is 0. The van der Waals surface area contributed by atoms with Crippen molar-refractivity contribution in [3.63, 3.8) is 0 Å². The second kappa shape index (κ2) is 4.64. The van der Waals surface area contributed by atoms with E-state index in [1.807, 2.05) is 50.1 Å². The maximum atomic E-state index is 9.24. The summed E-state index contributed by atoms with van der Waals surface area (Å²) < 4.78 is 0. The normalized spacial score (nSPS) is 11.5. The minimum Gasteiger partial charge on any atom is -0.394 e. The van der Waals surface area contributed by atoms with Crippen molar-refractivity contribution in [2.45, 2.75) is 26.0 Å². The third kappa shape index (κ3) is 2.70. The van der Waals surface area contributed by atoms with Crippen LogP contribution >= 0.6 is 0 Å². The maximum Gasteiger partial charge on any atom is 0.0681 e. The summed E-state index contributed by atoms with van der Waals surface area (Å²) in [4.78, 5) is 2.02. The average Bonchev–Trinajstić information content (AvgIpc) is 2.28. The van der Waals surface area contributed by atoms with Crippen LogP contribution in [-0.2, 0) is 6.61 Å². The van der Waals surface area contributed by atoms with Crippen LogP contribution in [0.3, 0.4) is 0 Å². The van der Waals surface area contributed by atoms with E-state index in [1.165, 1.54) is 0 Å². The van der Waals surface area contributed by atoms with Gasteiger partial charge in [-0.25, -0.2) is 0 Å². The van der Waals surface area contributed by atoms with Crippen LogP contribution in [0.15, 0.2) is 24.3 Å². The highest BCUT2D eigenvalue weighted by Gasteiger charge is 2.22. The number of nitrogens with zero attached hydrogens (tertiary/aromatic N) is 1. The predicted molar refractivity (Wildman–Crippen MR) is 61.9 cm³/mol. The van der Waals surface area contributed by atoms with E-state index < -0.39 is 0 Å². The highest BCUT2D eigenvalue weighted by Crippen LogP contribution is 2.22. The lowest BCUT2D eigenvalue weighted by molar-refractivity contribution is 0.216. The Bertz CT molecular complexity index is 306. The van der Waals surface area contributed by atoms with E-state index in [1.54, 1.807) is 0 Å². The van der Waals surface area contributed by atoms with Crippen LogP contribution in [-0.4, -0.2) is 29.4 Å². The summed E-state index contributed by atoms with van der Waals surface area (Å²) in [5.74, 6) is 0. The van der Waals surface area contributed by atoms with Crippen molar-refractivity contribution in [2.75, 3.05) is 18.6 Å². The molecule has 15 heavy (non-hydrogen) atoms. The Hall–Kier alpha value is -1.06. The van der Waals surface area contributed by atoms with Gasteiger partial charge in [-0.2, -0.15) is 0 Å². The van der Waals surface area contributed by atoms with Crippen molar-refractivity contribution in [1.82, 2.24) is 0 Å². The van der Waals surface area contributed by atoms with Gasteiger partial charge in [0.1, 0.15) is 0 Å². The van der Waals surface area contributed by atoms with Crippen LogP contribution in [0.2, 0.25) is 0 Å². The van der Waals surface area contributed by atoms with E-state index in [2.05, 4.69) is 0 Å². The molecule has 0 unspecified atom stereocenters. The molecule has 1 aromatic rings. The van der Waals surface area contributed by atoms with E-state index in [9.17, 15) is 5.11 Å². The van der Waals surface area contributed by atoms with Gasteiger partial charge in [-0.05, 0) is 31.5 Å². The number of aliphatic hydroxyl groups excluding tert-OH is 2. The van der Waals surface area contributed by atoms with Crippen molar-refractivity contribution < 1.29 is 10.2 Å². The summed E-state index contributed by atoms with van der Waals surface area (Å²) in [6, 6.07) is 7.67. The first-order valence-electron chi connectivity index (χ1n) is 5.06. The summed E-state index contributed by atoms with van der Waals surface area (Å²) in [5, 5.41) is 18.2. The topological polar surface area (TPSA) is 43.7 Å². The Balaban J connectivity index is 2.87. The van der Waals surface area contributed by atoms with Crippen LogP contribution < -0.4 is 4.90 Å². The van der Waals surface area contributed by atoms with Gasteiger partial charge >= 0.3 is 0 Å². The lowest BCUT2D eigenvalue weighted by Crippen LogP contribution is -2.44. The molecule has 3 heteroatoms. The van der Waals surface area contributed by atoms with Gasteiger partial charge in [-0.3, -0.25) is 0 Å². The third-order valence-corrected chi connectivity index (χ3v) is 2.80. The number of benzene rings is 1. The lowest BCUT2D eigenvalue weighted by Gasteiger charge is -2.35. The minimum atomic E-state index is -0.277. The smallest absolute Gasteiger partial charge is 0.0681 e. The molecule has 84 valence electrons. The Labute approximate surface area is 91.0 Å². The number of rotatable bonds is 4. The van der Waals surface area contributed by atoms with Gasteiger partial charge < -0.3 is 15.1 Å². The zero-order chi connectivity index (χ0) is 11.5. The SMILES string of the molecule is CN(c1ccc(CO)cc1)C(C)(C)CO. The van der Waals surface area contributed by atoms with Gasteiger partial charge in [0.2, 0.25) is 0 Å². The molecule has 0 saturated carbocycles. The number of hydrogen-bond donors (Lipinski definition) is 2. The molecule has 1 rings (SSSR count). The van der Waals surface area contributed by atoms with Gasteiger partial charge in [-0.1, -0.05) is 12.1 Å². The Morgan fingerprint density at radius 1 is 1.13 bits per heavy atom. The van der Waals surface area contributed by atoms with Gasteiger partial charge in [0, 0.05) is 12.7 Å². The molecule has 0 amide bonds. The first kappa shape index (κ1) is 12.0. The quantitative estimate of drug-likeness (QED) is 0.787. The Morgan fingerprint density at radius 2 is 1.67 bits per heavy atom.